The van der Waals surface area contributed by atoms with E-state index in [-0.39, 0.29) is 5.91 Å². The first kappa shape index (κ1) is 19.3. The predicted octanol–water partition coefficient (Wildman–Crippen LogP) is 4.14. The number of ether oxygens (including phenoxy) is 2. The predicted molar refractivity (Wildman–Crippen MR) is 108 cm³/mol. The highest BCUT2D eigenvalue weighted by Crippen LogP contribution is 2.30. The smallest absolute Gasteiger partial charge is 0.260 e. The van der Waals surface area contributed by atoms with Gasteiger partial charge in [-0.25, -0.2) is 0 Å². The fourth-order valence-electron chi connectivity index (χ4n) is 3.39. The lowest BCUT2D eigenvalue weighted by atomic mass is 9.91. The molecule has 1 aliphatic rings. The van der Waals surface area contributed by atoms with E-state index in [9.17, 15) is 4.79 Å². The monoisotopic (exact) mass is 367 g/mol. The van der Waals surface area contributed by atoms with Gasteiger partial charge in [-0.1, -0.05) is 18.2 Å². The molecule has 1 unspecified atom stereocenters. The molecule has 27 heavy (non-hydrogen) atoms. The van der Waals surface area contributed by atoms with Crippen LogP contribution in [0, 0.1) is 13.8 Å². The number of amides is 1. The van der Waals surface area contributed by atoms with Gasteiger partial charge in [-0.05, 0) is 86.9 Å². The van der Waals surface area contributed by atoms with Gasteiger partial charge in [0.2, 0.25) is 0 Å². The van der Waals surface area contributed by atoms with Crippen LogP contribution in [0.1, 0.15) is 42.0 Å². The fourth-order valence-corrected chi connectivity index (χ4v) is 3.39. The van der Waals surface area contributed by atoms with Gasteiger partial charge in [0, 0.05) is 0 Å². The Kier molecular flexibility index (Phi) is 6.38. The maximum absolute atomic E-state index is 12.3. The Morgan fingerprint density at radius 1 is 1.11 bits per heavy atom. The summed E-state index contributed by atoms with van der Waals surface area (Å²) >= 11 is 0. The minimum atomic E-state index is -0.528. The number of carbonyl (C=O) groups is 1. The third-order valence-corrected chi connectivity index (χ3v) is 5.17. The molecule has 0 radical (unpaired) electrons. The Labute approximate surface area is 161 Å². The Morgan fingerprint density at radius 3 is 2.74 bits per heavy atom. The number of benzene rings is 2. The van der Waals surface area contributed by atoms with E-state index in [0.717, 1.165) is 24.3 Å². The van der Waals surface area contributed by atoms with Crippen LogP contribution in [0.15, 0.2) is 36.4 Å². The van der Waals surface area contributed by atoms with Gasteiger partial charge in [0.1, 0.15) is 18.1 Å². The van der Waals surface area contributed by atoms with Gasteiger partial charge >= 0.3 is 0 Å². The van der Waals surface area contributed by atoms with Crippen molar-refractivity contribution in [2.75, 3.05) is 13.2 Å². The number of carbonyl (C=O) groups excluding carboxylic acids is 1. The number of rotatable bonds is 7. The first-order chi connectivity index (χ1) is 13.0. The third kappa shape index (κ3) is 5.03. The van der Waals surface area contributed by atoms with Crippen LogP contribution in [0.2, 0.25) is 0 Å². The SMILES string of the molecule is Cc1ccc(OCCNC(=O)C(C)Oc2cccc3c2CCCC3)cc1C. The molecule has 1 aliphatic carbocycles. The lowest BCUT2D eigenvalue weighted by molar-refractivity contribution is -0.127. The molecule has 0 bridgehead atoms. The second kappa shape index (κ2) is 8.94. The molecule has 0 saturated heterocycles. The van der Waals surface area contributed by atoms with Crippen molar-refractivity contribution in [3.8, 4) is 11.5 Å². The molecule has 0 aliphatic heterocycles. The molecular weight excluding hydrogens is 338 g/mol. The van der Waals surface area contributed by atoms with E-state index in [2.05, 4.69) is 25.2 Å². The van der Waals surface area contributed by atoms with Crippen LogP contribution in [-0.4, -0.2) is 25.2 Å². The standard InChI is InChI=1S/C23H29NO3/c1-16-11-12-20(15-17(16)2)26-14-13-24-23(25)18(3)27-22-10-6-8-19-7-4-5-9-21(19)22/h6,8,10-12,15,18H,4-5,7,9,13-14H2,1-3H3,(H,24,25). The summed E-state index contributed by atoms with van der Waals surface area (Å²) in [7, 11) is 0. The first-order valence-corrected chi connectivity index (χ1v) is 9.80. The molecule has 144 valence electrons. The Bertz CT molecular complexity index is 800. The highest BCUT2D eigenvalue weighted by molar-refractivity contribution is 5.80. The molecule has 0 aromatic heterocycles. The van der Waals surface area contributed by atoms with E-state index in [4.69, 9.17) is 9.47 Å². The van der Waals surface area contributed by atoms with Gasteiger partial charge < -0.3 is 14.8 Å². The third-order valence-electron chi connectivity index (χ3n) is 5.17. The Hall–Kier alpha value is -2.49. The average Bonchev–Trinajstić information content (AvgIpc) is 2.68. The number of aryl methyl sites for hydroxylation is 3. The van der Waals surface area contributed by atoms with Crippen LogP contribution in [0.3, 0.4) is 0 Å². The number of fused-ring (bicyclic) bond motifs is 1. The number of hydrogen-bond acceptors (Lipinski definition) is 3. The average molecular weight is 367 g/mol. The molecule has 2 aromatic rings. The van der Waals surface area contributed by atoms with E-state index >= 15 is 0 Å². The highest BCUT2D eigenvalue weighted by Gasteiger charge is 2.19. The van der Waals surface area contributed by atoms with Crippen LogP contribution in [0.25, 0.3) is 0 Å². The van der Waals surface area contributed by atoms with Gasteiger partial charge in [0.25, 0.3) is 5.91 Å². The molecule has 0 saturated carbocycles. The van der Waals surface area contributed by atoms with Crippen molar-refractivity contribution in [3.63, 3.8) is 0 Å². The van der Waals surface area contributed by atoms with E-state index in [1.54, 1.807) is 6.92 Å². The van der Waals surface area contributed by atoms with Gasteiger partial charge in [-0.2, -0.15) is 0 Å². The summed E-state index contributed by atoms with van der Waals surface area (Å²) in [6.45, 7) is 6.81. The van der Waals surface area contributed by atoms with E-state index in [1.165, 1.54) is 35.1 Å². The van der Waals surface area contributed by atoms with Gasteiger partial charge in [0.15, 0.2) is 6.10 Å². The number of nitrogens with one attached hydrogen (secondary N) is 1. The quantitative estimate of drug-likeness (QED) is 0.748. The zero-order chi connectivity index (χ0) is 19.2. The summed E-state index contributed by atoms with van der Waals surface area (Å²) in [5.74, 6) is 1.56. The minimum Gasteiger partial charge on any atom is -0.492 e. The fraction of sp³-hybridized carbons (Fsp3) is 0.435. The zero-order valence-corrected chi connectivity index (χ0v) is 16.5. The summed E-state index contributed by atoms with van der Waals surface area (Å²) in [5, 5.41) is 2.89. The molecule has 1 atom stereocenters. The summed E-state index contributed by atoms with van der Waals surface area (Å²) in [6, 6.07) is 12.2. The molecule has 1 amide bonds. The summed E-state index contributed by atoms with van der Waals surface area (Å²) in [6.07, 6.45) is 4.02. The highest BCUT2D eigenvalue weighted by atomic mass is 16.5. The van der Waals surface area contributed by atoms with Crippen LogP contribution >= 0.6 is 0 Å². The summed E-state index contributed by atoms with van der Waals surface area (Å²) in [4.78, 5) is 12.3. The van der Waals surface area contributed by atoms with Crippen LogP contribution < -0.4 is 14.8 Å². The Morgan fingerprint density at radius 2 is 1.93 bits per heavy atom. The van der Waals surface area contributed by atoms with Crippen molar-refractivity contribution in [1.82, 2.24) is 5.32 Å². The molecule has 4 nitrogen and oxygen atoms in total. The molecule has 2 aromatic carbocycles. The summed E-state index contributed by atoms with van der Waals surface area (Å²) < 4.78 is 11.7. The zero-order valence-electron chi connectivity index (χ0n) is 16.5. The molecule has 1 N–H and O–H groups in total. The van der Waals surface area contributed by atoms with Crippen molar-refractivity contribution < 1.29 is 14.3 Å². The van der Waals surface area contributed by atoms with Crippen LogP contribution in [0.5, 0.6) is 11.5 Å². The second-order valence-corrected chi connectivity index (χ2v) is 7.25. The molecule has 3 rings (SSSR count). The summed E-state index contributed by atoms with van der Waals surface area (Å²) in [5.41, 5.74) is 5.06. The van der Waals surface area contributed by atoms with Crippen molar-refractivity contribution in [2.45, 2.75) is 52.6 Å². The normalized spacial score (nSPS) is 14.2. The van der Waals surface area contributed by atoms with Crippen molar-refractivity contribution in [1.29, 1.82) is 0 Å². The van der Waals surface area contributed by atoms with Crippen molar-refractivity contribution in [2.24, 2.45) is 0 Å². The topological polar surface area (TPSA) is 47.6 Å². The maximum atomic E-state index is 12.3. The minimum absolute atomic E-state index is 0.118. The maximum Gasteiger partial charge on any atom is 0.260 e. The number of hydrogen-bond donors (Lipinski definition) is 1. The van der Waals surface area contributed by atoms with Gasteiger partial charge in [-0.15, -0.1) is 0 Å². The van der Waals surface area contributed by atoms with Gasteiger partial charge in [0.05, 0.1) is 6.54 Å². The lowest BCUT2D eigenvalue weighted by Gasteiger charge is -2.22. The first-order valence-electron chi connectivity index (χ1n) is 9.80. The van der Waals surface area contributed by atoms with Gasteiger partial charge in [-0.3, -0.25) is 4.79 Å². The van der Waals surface area contributed by atoms with E-state index in [1.807, 2.05) is 30.3 Å². The van der Waals surface area contributed by atoms with E-state index < -0.39 is 6.10 Å². The van der Waals surface area contributed by atoms with Crippen LogP contribution in [-0.2, 0) is 17.6 Å². The molecule has 0 spiro atoms. The van der Waals surface area contributed by atoms with Crippen molar-refractivity contribution >= 4 is 5.91 Å². The molecular formula is C23H29NO3. The molecule has 4 heteroatoms. The second-order valence-electron chi connectivity index (χ2n) is 7.25. The molecule has 0 heterocycles. The Balaban J connectivity index is 1.46. The lowest BCUT2D eigenvalue weighted by Crippen LogP contribution is -2.38. The van der Waals surface area contributed by atoms with Crippen molar-refractivity contribution in [3.05, 3.63) is 58.7 Å². The molecule has 0 fully saturated rings. The van der Waals surface area contributed by atoms with E-state index in [0.29, 0.717) is 13.2 Å². The van der Waals surface area contributed by atoms with Crippen LogP contribution in [0.4, 0.5) is 0 Å². The largest absolute Gasteiger partial charge is 0.492 e.